The Balaban J connectivity index is 1.48. The molecule has 202 valence electrons. The fraction of sp³-hybridized carbons (Fsp3) is 0.423. The van der Waals surface area contributed by atoms with E-state index in [2.05, 4.69) is 25.6 Å². The predicted octanol–water partition coefficient (Wildman–Crippen LogP) is 2.68. The molecule has 3 amide bonds. The molecular formula is C26H33ClN8O3. The van der Waals surface area contributed by atoms with E-state index in [0.29, 0.717) is 50.9 Å². The van der Waals surface area contributed by atoms with Crippen LogP contribution in [0.15, 0.2) is 49.1 Å². The van der Waals surface area contributed by atoms with Gasteiger partial charge in [-0.15, -0.1) is 0 Å². The fourth-order valence-electron chi connectivity index (χ4n) is 4.43. The number of anilines is 1. The minimum absolute atomic E-state index is 0.110. The third-order valence-corrected chi connectivity index (χ3v) is 6.52. The highest BCUT2D eigenvalue weighted by Crippen LogP contribution is 2.24. The molecule has 11 nitrogen and oxygen atoms in total. The number of nitrogens with zero attached hydrogens (tertiary/aromatic N) is 6. The summed E-state index contributed by atoms with van der Waals surface area (Å²) in [7, 11) is 1.63. The Morgan fingerprint density at radius 2 is 2.00 bits per heavy atom. The molecular weight excluding hydrogens is 508 g/mol. The van der Waals surface area contributed by atoms with E-state index in [-0.39, 0.29) is 29.6 Å². The quantitative estimate of drug-likeness (QED) is 0.380. The van der Waals surface area contributed by atoms with Gasteiger partial charge >= 0.3 is 6.03 Å². The van der Waals surface area contributed by atoms with Crippen LogP contribution in [0.1, 0.15) is 25.3 Å². The van der Waals surface area contributed by atoms with Gasteiger partial charge in [-0.25, -0.2) is 14.8 Å². The number of para-hydroxylation sites is 1. The molecule has 1 fully saturated rings. The van der Waals surface area contributed by atoms with Gasteiger partial charge in [0, 0.05) is 57.6 Å². The Hall–Kier alpha value is -3.86. The molecule has 1 saturated heterocycles. The van der Waals surface area contributed by atoms with Crippen LogP contribution in [-0.2, 0) is 11.2 Å². The first-order chi connectivity index (χ1) is 18.5. The number of carbonyl (C=O) groups excluding carboxylic acids is 2. The molecule has 0 saturated carbocycles. The van der Waals surface area contributed by atoms with Crippen molar-refractivity contribution in [3.8, 4) is 11.7 Å². The molecule has 38 heavy (non-hydrogen) atoms. The molecule has 1 aliphatic rings. The van der Waals surface area contributed by atoms with Crippen LogP contribution in [0.5, 0.6) is 5.75 Å². The van der Waals surface area contributed by atoms with Crippen LogP contribution in [0.4, 0.5) is 10.6 Å². The van der Waals surface area contributed by atoms with Crippen molar-refractivity contribution >= 4 is 29.4 Å². The smallest absolute Gasteiger partial charge is 0.317 e. The Labute approximate surface area is 227 Å². The summed E-state index contributed by atoms with van der Waals surface area (Å²) in [6.07, 6.45) is 6.64. The number of rotatable bonds is 10. The van der Waals surface area contributed by atoms with Crippen LogP contribution in [-0.4, -0.2) is 82.2 Å². The lowest BCUT2D eigenvalue weighted by Gasteiger charge is -2.42. The number of ether oxygens (including phenoxy) is 1. The van der Waals surface area contributed by atoms with Gasteiger partial charge in [0.25, 0.3) is 0 Å². The predicted molar refractivity (Wildman–Crippen MR) is 145 cm³/mol. The third-order valence-electron chi connectivity index (χ3n) is 6.33. The molecule has 0 spiro atoms. The van der Waals surface area contributed by atoms with Gasteiger partial charge in [-0.05, 0) is 24.5 Å². The first kappa shape index (κ1) is 27.2. The molecule has 0 bridgehead atoms. The van der Waals surface area contributed by atoms with E-state index in [0.717, 1.165) is 17.7 Å². The fourth-order valence-corrected chi connectivity index (χ4v) is 4.60. The zero-order valence-electron chi connectivity index (χ0n) is 21.6. The number of piperazine rings is 1. The van der Waals surface area contributed by atoms with Crippen molar-refractivity contribution in [2.24, 2.45) is 0 Å². The van der Waals surface area contributed by atoms with Gasteiger partial charge in [0.15, 0.2) is 0 Å². The summed E-state index contributed by atoms with van der Waals surface area (Å²) in [6.45, 7) is 4.43. The summed E-state index contributed by atoms with van der Waals surface area (Å²) in [5.74, 6) is 1.66. The number of aromatic nitrogens is 4. The Bertz CT molecular complexity index is 1220. The molecule has 0 radical (unpaired) electrons. The zero-order valence-corrected chi connectivity index (χ0v) is 22.4. The van der Waals surface area contributed by atoms with Crippen molar-refractivity contribution in [1.82, 2.24) is 35.1 Å². The molecule has 1 aromatic carbocycles. The summed E-state index contributed by atoms with van der Waals surface area (Å²) in [4.78, 5) is 42.6. The van der Waals surface area contributed by atoms with E-state index in [4.69, 9.17) is 16.3 Å². The van der Waals surface area contributed by atoms with E-state index >= 15 is 0 Å². The van der Waals surface area contributed by atoms with Gasteiger partial charge in [-0.3, -0.25) is 9.36 Å². The van der Waals surface area contributed by atoms with E-state index < -0.39 is 0 Å². The van der Waals surface area contributed by atoms with Crippen molar-refractivity contribution in [2.45, 2.75) is 32.2 Å². The number of nitrogens with one attached hydrogen (secondary N) is 2. The number of methoxy groups -OCH3 is 1. The van der Waals surface area contributed by atoms with Crippen LogP contribution >= 0.6 is 11.6 Å². The lowest BCUT2D eigenvalue weighted by molar-refractivity contribution is -0.121. The molecule has 1 atom stereocenters. The summed E-state index contributed by atoms with van der Waals surface area (Å²) in [6, 6.07) is 9.00. The first-order valence-corrected chi connectivity index (χ1v) is 13.1. The molecule has 1 unspecified atom stereocenters. The van der Waals surface area contributed by atoms with Crippen molar-refractivity contribution < 1.29 is 14.3 Å². The average molecular weight is 541 g/mol. The van der Waals surface area contributed by atoms with Gasteiger partial charge < -0.3 is 25.2 Å². The van der Waals surface area contributed by atoms with Gasteiger partial charge in [0.1, 0.15) is 23.0 Å². The van der Waals surface area contributed by atoms with Crippen molar-refractivity contribution in [3.63, 3.8) is 0 Å². The van der Waals surface area contributed by atoms with E-state index in [1.165, 1.54) is 0 Å². The minimum atomic E-state index is -0.302. The van der Waals surface area contributed by atoms with Crippen LogP contribution in [0.25, 0.3) is 5.95 Å². The van der Waals surface area contributed by atoms with Crippen molar-refractivity contribution in [1.29, 1.82) is 0 Å². The Morgan fingerprint density at radius 3 is 2.76 bits per heavy atom. The molecule has 0 aliphatic carbocycles. The molecule has 2 N–H and O–H groups in total. The topological polar surface area (TPSA) is 118 Å². The molecule has 1 aliphatic heterocycles. The second kappa shape index (κ2) is 13.1. The summed E-state index contributed by atoms with van der Waals surface area (Å²) in [5.41, 5.74) is 1.02. The Kier molecular flexibility index (Phi) is 9.36. The monoisotopic (exact) mass is 540 g/mol. The number of urea groups is 1. The summed E-state index contributed by atoms with van der Waals surface area (Å²) >= 11 is 6.35. The van der Waals surface area contributed by atoms with Crippen LogP contribution < -0.4 is 20.3 Å². The largest absolute Gasteiger partial charge is 0.496 e. The van der Waals surface area contributed by atoms with Gasteiger partial charge in [-0.1, -0.05) is 36.7 Å². The second-order valence-electron chi connectivity index (χ2n) is 8.96. The van der Waals surface area contributed by atoms with Gasteiger partial charge in [0.05, 0.1) is 13.2 Å². The normalized spacial score (nSPS) is 15.3. The lowest BCUT2D eigenvalue weighted by atomic mass is 10.1. The van der Waals surface area contributed by atoms with Gasteiger partial charge in [0.2, 0.25) is 11.9 Å². The number of benzene rings is 1. The Morgan fingerprint density at radius 1 is 1.16 bits per heavy atom. The van der Waals surface area contributed by atoms with Crippen LogP contribution in [0, 0.1) is 0 Å². The maximum absolute atomic E-state index is 13.0. The average Bonchev–Trinajstić information content (AvgIpc) is 3.47. The molecule has 12 heteroatoms. The summed E-state index contributed by atoms with van der Waals surface area (Å²) in [5, 5.41) is 6.22. The molecule has 4 rings (SSSR count). The maximum Gasteiger partial charge on any atom is 0.317 e. The first-order valence-electron chi connectivity index (χ1n) is 12.7. The van der Waals surface area contributed by atoms with E-state index in [9.17, 15) is 9.59 Å². The highest BCUT2D eigenvalue weighted by Gasteiger charge is 2.32. The maximum atomic E-state index is 13.0. The number of hydrogen-bond acceptors (Lipinski definition) is 7. The second-order valence-corrected chi connectivity index (χ2v) is 9.35. The molecule has 3 heterocycles. The van der Waals surface area contributed by atoms with Crippen molar-refractivity contribution in [2.75, 3.05) is 44.7 Å². The van der Waals surface area contributed by atoms with E-state index in [1.54, 1.807) is 41.4 Å². The highest BCUT2D eigenvalue weighted by molar-refractivity contribution is 6.29. The molecule has 2 aromatic heterocycles. The lowest BCUT2D eigenvalue weighted by Crippen LogP contribution is -2.58. The summed E-state index contributed by atoms with van der Waals surface area (Å²) < 4.78 is 7.07. The molecule has 3 aromatic rings. The van der Waals surface area contributed by atoms with E-state index in [1.807, 2.05) is 36.1 Å². The van der Waals surface area contributed by atoms with Crippen LogP contribution in [0.2, 0.25) is 5.15 Å². The van der Waals surface area contributed by atoms with Crippen molar-refractivity contribution in [3.05, 3.63) is 59.8 Å². The standard InChI is InChI=1S/C26H33ClN8O3/c1-3-9-30-26(37)33-13-14-35(23-16-22(27)31-25(32-23)34-12-11-28-18-34)20(17-33)15-24(36)29-10-8-19-6-4-5-7-21(19)38-2/h4-7,11-12,16,18,20H,3,8-10,13-15,17H2,1-2H3,(H,29,36)(H,30,37). The minimum Gasteiger partial charge on any atom is -0.496 e. The third kappa shape index (κ3) is 6.91. The number of carbonyl (C=O) groups is 2. The number of halogens is 1. The number of imidazole rings is 1. The van der Waals surface area contributed by atoms with Gasteiger partial charge in [-0.2, -0.15) is 4.98 Å². The van der Waals surface area contributed by atoms with Crippen LogP contribution in [0.3, 0.4) is 0 Å². The number of hydrogen-bond donors (Lipinski definition) is 2. The number of amides is 3. The highest BCUT2D eigenvalue weighted by atomic mass is 35.5. The SMILES string of the molecule is CCCNC(=O)N1CCN(c2cc(Cl)nc(-n3ccnc3)n2)C(CC(=O)NCCc2ccccc2OC)C1. The zero-order chi connectivity index (χ0) is 26.9.